The van der Waals surface area contributed by atoms with E-state index in [2.05, 4.69) is 4.90 Å². The molecule has 0 saturated carbocycles. The summed E-state index contributed by atoms with van der Waals surface area (Å²) in [6.07, 6.45) is 0.674. The monoisotopic (exact) mass is 456 g/mol. The summed E-state index contributed by atoms with van der Waals surface area (Å²) >= 11 is 6.04. The molecule has 2 heterocycles. The van der Waals surface area contributed by atoms with Crippen LogP contribution < -0.4 is 0 Å². The largest absolute Gasteiger partial charge is 0.507 e. The number of para-hydroxylation sites is 1. The van der Waals surface area contributed by atoms with Crippen molar-refractivity contribution in [2.45, 2.75) is 12.5 Å². The molecule has 7 nitrogen and oxygen atoms in total. The number of phenolic OH excluding ortho intramolecular Hbond substituents is 1. The summed E-state index contributed by atoms with van der Waals surface area (Å²) < 4.78 is 5.37. The minimum atomic E-state index is -0.767. The molecule has 0 spiro atoms. The number of rotatable bonds is 6. The van der Waals surface area contributed by atoms with Crippen molar-refractivity contribution in [2.24, 2.45) is 0 Å². The molecule has 2 fully saturated rings. The molecule has 4 rings (SSSR count). The van der Waals surface area contributed by atoms with Crippen LogP contribution >= 0.6 is 11.6 Å². The fourth-order valence-corrected chi connectivity index (χ4v) is 4.34. The van der Waals surface area contributed by atoms with Crippen molar-refractivity contribution in [2.75, 3.05) is 39.4 Å². The number of aliphatic hydroxyl groups is 1. The van der Waals surface area contributed by atoms with Gasteiger partial charge in [0.05, 0.1) is 30.4 Å². The number of amides is 1. The zero-order valence-electron chi connectivity index (χ0n) is 17.5. The molecule has 8 heteroatoms. The molecule has 2 aromatic rings. The normalized spacial score (nSPS) is 21.3. The molecule has 2 aromatic carbocycles. The number of carbonyl (C=O) groups excluding carboxylic acids is 2. The minimum absolute atomic E-state index is 0.0369. The van der Waals surface area contributed by atoms with Crippen LogP contribution in [0.2, 0.25) is 5.02 Å². The number of halogens is 1. The van der Waals surface area contributed by atoms with Crippen LogP contribution in [0.1, 0.15) is 23.6 Å². The highest BCUT2D eigenvalue weighted by molar-refractivity contribution is 6.46. The molecule has 1 atom stereocenters. The second kappa shape index (κ2) is 9.73. The van der Waals surface area contributed by atoms with Gasteiger partial charge in [-0.25, -0.2) is 0 Å². The molecule has 1 amide bonds. The van der Waals surface area contributed by atoms with Crippen molar-refractivity contribution in [3.8, 4) is 5.75 Å². The van der Waals surface area contributed by atoms with E-state index in [4.69, 9.17) is 16.3 Å². The molecular formula is C24H25ClN2O5. The van der Waals surface area contributed by atoms with E-state index < -0.39 is 23.5 Å². The predicted molar refractivity (Wildman–Crippen MR) is 120 cm³/mol. The third-order valence-corrected chi connectivity index (χ3v) is 6.11. The fourth-order valence-electron chi connectivity index (χ4n) is 4.21. The lowest BCUT2D eigenvalue weighted by Crippen LogP contribution is -2.38. The van der Waals surface area contributed by atoms with Gasteiger partial charge in [-0.05, 0) is 36.2 Å². The first kappa shape index (κ1) is 22.3. The molecule has 2 aliphatic heterocycles. The molecule has 168 valence electrons. The van der Waals surface area contributed by atoms with Gasteiger partial charge in [-0.3, -0.25) is 14.5 Å². The summed E-state index contributed by atoms with van der Waals surface area (Å²) in [5.74, 6) is -1.99. The summed E-state index contributed by atoms with van der Waals surface area (Å²) in [6.45, 7) is 4.19. The molecule has 0 aliphatic carbocycles. The molecule has 32 heavy (non-hydrogen) atoms. The van der Waals surface area contributed by atoms with Crippen molar-refractivity contribution < 1.29 is 24.5 Å². The van der Waals surface area contributed by atoms with Gasteiger partial charge in [-0.1, -0.05) is 35.9 Å². The first-order chi connectivity index (χ1) is 15.5. The Bertz CT molecular complexity index is 1030. The maximum Gasteiger partial charge on any atom is 0.295 e. The van der Waals surface area contributed by atoms with Crippen molar-refractivity contribution in [1.82, 2.24) is 9.80 Å². The summed E-state index contributed by atoms with van der Waals surface area (Å²) in [6, 6.07) is 12.3. The Kier molecular flexibility index (Phi) is 6.79. The molecule has 2 aliphatic rings. The number of likely N-dealkylation sites (tertiary alicyclic amines) is 1. The van der Waals surface area contributed by atoms with Crippen molar-refractivity contribution in [3.63, 3.8) is 0 Å². The number of aromatic hydroxyl groups is 1. The first-order valence-corrected chi connectivity index (χ1v) is 11.0. The quantitative estimate of drug-likeness (QED) is 0.394. The highest BCUT2D eigenvalue weighted by Crippen LogP contribution is 2.41. The molecule has 2 N–H and O–H groups in total. The number of ether oxygens (including phenoxy) is 1. The van der Waals surface area contributed by atoms with Gasteiger partial charge in [0.25, 0.3) is 11.7 Å². The lowest BCUT2D eigenvalue weighted by molar-refractivity contribution is -0.140. The maximum absolute atomic E-state index is 13.0. The van der Waals surface area contributed by atoms with E-state index in [1.165, 1.54) is 17.0 Å². The van der Waals surface area contributed by atoms with Crippen LogP contribution in [0, 0.1) is 0 Å². The van der Waals surface area contributed by atoms with Crippen LogP contribution in [0.4, 0.5) is 0 Å². The molecular weight excluding hydrogens is 432 g/mol. The summed E-state index contributed by atoms with van der Waals surface area (Å²) in [4.78, 5) is 29.8. The van der Waals surface area contributed by atoms with Gasteiger partial charge in [0.15, 0.2) is 0 Å². The van der Waals surface area contributed by atoms with Gasteiger partial charge >= 0.3 is 0 Å². The Morgan fingerprint density at radius 1 is 1.03 bits per heavy atom. The number of hydrogen-bond donors (Lipinski definition) is 2. The Hall–Kier alpha value is -2.87. The first-order valence-electron chi connectivity index (χ1n) is 10.6. The topological polar surface area (TPSA) is 90.3 Å². The number of carbonyl (C=O) groups is 2. The number of aliphatic hydroxyl groups excluding tert-OH is 1. The van der Waals surface area contributed by atoms with Crippen molar-refractivity contribution >= 4 is 29.1 Å². The van der Waals surface area contributed by atoms with Crippen molar-refractivity contribution in [3.05, 3.63) is 70.3 Å². The van der Waals surface area contributed by atoms with Crippen molar-refractivity contribution in [1.29, 1.82) is 0 Å². The average molecular weight is 457 g/mol. The average Bonchev–Trinajstić information content (AvgIpc) is 3.05. The lowest BCUT2D eigenvalue weighted by atomic mass is 9.95. The van der Waals surface area contributed by atoms with Gasteiger partial charge < -0.3 is 19.8 Å². The number of benzene rings is 2. The molecule has 2 saturated heterocycles. The van der Waals surface area contributed by atoms with Crippen LogP contribution in [-0.2, 0) is 14.3 Å². The third kappa shape index (κ3) is 4.50. The lowest BCUT2D eigenvalue weighted by Gasteiger charge is -2.29. The van der Waals surface area contributed by atoms with E-state index in [9.17, 15) is 19.8 Å². The van der Waals surface area contributed by atoms with Crippen LogP contribution in [0.15, 0.2) is 54.1 Å². The van der Waals surface area contributed by atoms with E-state index in [1.54, 1.807) is 36.4 Å². The van der Waals surface area contributed by atoms with Gasteiger partial charge in [0, 0.05) is 31.2 Å². The second-order valence-corrected chi connectivity index (χ2v) is 8.31. The van der Waals surface area contributed by atoms with E-state index >= 15 is 0 Å². The summed E-state index contributed by atoms with van der Waals surface area (Å²) in [5, 5.41) is 21.7. The SMILES string of the molecule is O=C1C(=O)N(CCCN2CCOCC2)C(c2ccc(Cl)cc2)/C1=C(/O)c1ccccc1O. The zero-order chi connectivity index (χ0) is 22.7. The van der Waals surface area contributed by atoms with Gasteiger partial charge in [-0.15, -0.1) is 0 Å². The van der Waals surface area contributed by atoms with Crippen LogP contribution in [0.3, 0.4) is 0 Å². The highest BCUT2D eigenvalue weighted by atomic mass is 35.5. The number of morpholine rings is 1. The Labute approximate surface area is 191 Å². The number of nitrogens with zero attached hydrogens (tertiary/aromatic N) is 2. The van der Waals surface area contributed by atoms with E-state index in [0.29, 0.717) is 36.8 Å². The second-order valence-electron chi connectivity index (χ2n) is 7.87. The Morgan fingerprint density at radius 2 is 1.72 bits per heavy atom. The molecule has 0 bridgehead atoms. The zero-order valence-corrected chi connectivity index (χ0v) is 18.3. The van der Waals surface area contributed by atoms with Gasteiger partial charge in [-0.2, -0.15) is 0 Å². The number of hydrogen-bond acceptors (Lipinski definition) is 6. The van der Waals surface area contributed by atoms with E-state index in [1.807, 2.05) is 0 Å². The smallest absolute Gasteiger partial charge is 0.295 e. The highest BCUT2D eigenvalue weighted by Gasteiger charge is 2.46. The van der Waals surface area contributed by atoms with E-state index in [-0.39, 0.29) is 16.9 Å². The Balaban J connectivity index is 1.68. The summed E-state index contributed by atoms with van der Waals surface area (Å²) in [7, 11) is 0. The van der Waals surface area contributed by atoms with E-state index in [0.717, 1.165) is 19.6 Å². The number of phenols is 1. The molecule has 0 radical (unpaired) electrons. The maximum atomic E-state index is 13.0. The standard InChI is InChI=1S/C24H25ClN2O5/c25-17-8-6-16(7-9-17)21-20(22(29)18-4-1-2-5-19(18)28)23(30)24(31)27(21)11-3-10-26-12-14-32-15-13-26/h1-2,4-9,21,28-29H,3,10-15H2/b22-20-. The van der Waals surface area contributed by atoms with Crippen LogP contribution in [-0.4, -0.2) is 71.1 Å². The summed E-state index contributed by atoms with van der Waals surface area (Å²) in [5.41, 5.74) is 0.736. The minimum Gasteiger partial charge on any atom is -0.507 e. The Morgan fingerprint density at radius 3 is 2.41 bits per heavy atom. The van der Waals surface area contributed by atoms with Gasteiger partial charge in [0.2, 0.25) is 0 Å². The fraction of sp³-hybridized carbons (Fsp3) is 0.333. The van der Waals surface area contributed by atoms with Gasteiger partial charge in [0.1, 0.15) is 11.5 Å². The third-order valence-electron chi connectivity index (χ3n) is 5.86. The van der Waals surface area contributed by atoms with Crippen LogP contribution in [0.25, 0.3) is 5.76 Å². The number of ketones is 1. The number of Topliss-reactive ketones (excluding diaryl/α,β-unsaturated/α-hetero) is 1. The molecule has 0 aromatic heterocycles. The molecule has 1 unspecified atom stereocenters. The predicted octanol–water partition coefficient (Wildman–Crippen LogP) is 3.19. The van der Waals surface area contributed by atoms with Crippen LogP contribution in [0.5, 0.6) is 5.75 Å².